The second-order valence-electron chi connectivity index (χ2n) is 12.1. The van der Waals surface area contributed by atoms with Crippen LogP contribution in [0.25, 0.3) is 0 Å². The monoisotopic (exact) mass is 489 g/mol. The lowest BCUT2D eigenvalue weighted by atomic mass is 9.88. The van der Waals surface area contributed by atoms with Crippen LogP contribution >= 0.6 is 0 Å². The molecule has 1 saturated carbocycles. The van der Waals surface area contributed by atoms with E-state index in [-0.39, 0.29) is 29.3 Å². The van der Waals surface area contributed by atoms with Gasteiger partial charge in [-0.15, -0.1) is 0 Å². The van der Waals surface area contributed by atoms with Gasteiger partial charge < -0.3 is 20.2 Å². The van der Waals surface area contributed by atoms with E-state index in [0.29, 0.717) is 19.5 Å². The average molecular weight is 490 g/mol. The SMILES string of the molecule is C[C@@H]1C[C@H](O)c2ncnc(N3CCN(C(=O)C(c4ccc(C5CC5)cc4)C4CCC(C)(C)N4)CC3)c21. The van der Waals surface area contributed by atoms with Crippen LogP contribution in [0.1, 0.15) is 99.1 Å². The van der Waals surface area contributed by atoms with Gasteiger partial charge in [-0.05, 0) is 68.9 Å². The highest BCUT2D eigenvalue weighted by Crippen LogP contribution is 2.43. The number of nitrogens with one attached hydrogen (secondary N) is 1. The molecule has 7 heteroatoms. The van der Waals surface area contributed by atoms with Gasteiger partial charge in [-0.25, -0.2) is 9.97 Å². The zero-order chi connectivity index (χ0) is 25.0. The molecule has 3 fully saturated rings. The molecule has 4 aliphatic rings. The molecule has 2 saturated heterocycles. The van der Waals surface area contributed by atoms with E-state index in [1.807, 2.05) is 0 Å². The van der Waals surface area contributed by atoms with Crippen LogP contribution in [0.3, 0.4) is 0 Å². The third kappa shape index (κ3) is 4.41. The van der Waals surface area contributed by atoms with Gasteiger partial charge in [0.25, 0.3) is 0 Å². The van der Waals surface area contributed by atoms with Crippen molar-refractivity contribution < 1.29 is 9.90 Å². The first-order valence-corrected chi connectivity index (χ1v) is 13.7. The highest BCUT2D eigenvalue weighted by Gasteiger charge is 2.41. The van der Waals surface area contributed by atoms with E-state index in [4.69, 9.17) is 0 Å². The molecule has 2 aliphatic carbocycles. The van der Waals surface area contributed by atoms with Crippen LogP contribution in [0.5, 0.6) is 0 Å². The van der Waals surface area contributed by atoms with Crippen molar-refractivity contribution >= 4 is 11.7 Å². The van der Waals surface area contributed by atoms with Crippen molar-refractivity contribution in [2.75, 3.05) is 31.1 Å². The van der Waals surface area contributed by atoms with Crippen molar-refractivity contribution in [2.24, 2.45) is 0 Å². The molecule has 1 aromatic carbocycles. The molecule has 2 unspecified atom stereocenters. The summed E-state index contributed by atoms with van der Waals surface area (Å²) in [7, 11) is 0. The summed E-state index contributed by atoms with van der Waals surface area (Å²) >= 11 is 0. The van der Waals surface area contributed by atoms with Gasteiger partial charge in [0.2, 0.25) is 5.91 Å². The van der Waals surface area contributed by atoms with Crippen molar-refractivity contribution in [3.63, 3.8) is 0 Å². The number of carbonyl (C=O) groups is 1. The van der Waals surface area contributed by atoms with Crippen LogP contribution in [0.4, 0.5) is 5.82 Å². The Hall–Kier alpha value is -2.51. The maximum Gasteiger partial charge on any atom is 0.231 e. The number of aliphatic hydroxyl groups is 1. The second-order valence-corrected chi connectivity index (χ2v) is 12.1. The number of nitrogens with zero attached hydrogens (tertiary/aromatic N) is 4. The number of fused-ring (bicyclic) bond motifs is 1. The van der Waals surface area contributed by atoms with Gasteiger partial charge in [-0.2, -0.15) is 0 Å². The normalized spacial score (nSPS) is 28.3. The second kappa shape index (κ2) is 9.10. The minimum atomic E-state index is -0.505. The number of carbonyl (C=O) groups excluding carboxylic acids is 1. The van der Waals surface area contributed by atoms with Crippen molar-refractivity contribution in [3.8, 4) is 0 Å². The van der Waals surface area contributed by atoms with Crippen LogP contribution in [-0.4, -0.2) is 63.6 Å². The van der Waals surface area contributed by atoms with Crippen LogP contribution in [0, 0.1) is 0 Å². The van der Waals surface area contributed by atoms with Crippen LogP contribution < -0.4 is 10.2 Å². The van der Waals surface area contributed by atoms with E-state index >= 15 is 0 Å². The van der Waals surface area contributed by atoms with E-state index in [1.165, 1.54) is 18.4 Å². The van der Waals surface area contributed by atoms with E-state index in [2.05, 4.69) is 70.1 Å². The van der Waals surface area contributed by atoms with Crippen molar-refractivity contribution in [1.29, 1.82) is 0 Å². The molecule has 6 rings (SSSR count). The summed E-state index contributed by atoms with van der Waals surface area (Å²) in [6.07, 6.45) is 6.44. The smallest absolute Gasteiger partial charge is 0.231 e. The van der Waals surface area contributed by atoms with Gasteiger partial charge in [0.1, 0.15) is 12.1 Å². The van der Waals surface area contributed by atoms with Crippen molar-refractivity contribution in [3.05, 3.63) is 53.0 Å². The third-order valence-corrected chi connectivity index (χ3v) is 8.84. The summed E-state index contributed by atoms with van der Waals surface area (Å²) in [4.78, 5) is 27.4. The maximum atomic E-state index is 14.1. The van der Waals surface area contributed by atoms with Crippen molar-refractivity contribution in [1.82, 2.24) is 20.2 Å². The quantitative estimate of drug-likeness (QED) is 0.664. The molecule has 1 aromatic heterocycles. The number of aromatic nitrogens is 2. The zero-order valence-corrected chi connectivity index (χ0v) is 21.8. The van der Waals surface area contributed by atoms with E-state index in [9.17, 15) is 9.90 Å². The molecule has 4 atom stereocenters. The number of hydrogen-bond acceptors (Lipinski definition) is 6. The molecular formula is C29H39N5O2. The standard InChI is InChI=1S/C29H39N5O2/c1-18-16-23(35)26-24(18)27(31-17-30-26)33-12-14-34(15-13-33)28(36)25(22-10-11-29(2,3)32-22)21-8-6-20(7-9-21)19-4-5-19/h6-9,17-19,22-23,25,32,35H,4-5,10-16H2,1-3H3/t18-,22?,23+,25?/m1/s1. The zero-order valence-electron chi connectivity index (χ0n) is 21.8. The summed E-state index contributed by atoms with van der Waals surface area (Å²) in [5.74, 6) is 1.97. The Morgan fingerprint density at radius 1 is 1.08 bits per heavy atom. The molecule has 0 bridgehead atoms. The fraction of sp³-hybridized carbons (Fsp3) is 0.621. The number of piperazine rings is 1. The van der Waals surface area contributed by atoms with Crippen LogP contribution in [0.15, 0.2) is 30.6 Å². The minimum absolute atomic E-state index is 0.0600. The van der Waals surface area contributed by atoms with Gasteiger partial charge in [-0.3, -0.25) is 4.79 Å². The van der Waals surface area contributed by atoms with Gasteiger partial charge in [0.05, 0.1) is 17.7 Å². The molecule has 3 heterocycles. The number of aliphatic hydroxyl groups excluding tert-OH is 1. The number of anilines is 1. The molecule has 36 heavy (non-hydrogen) atoms. The predicted molar refractivity (Wildman–Crippen MR) is 140 cm³/mol. The molecule has 2 aliphatic heterocycles. The predicted octanol–water partition coefficient (Wildman–Crippen LogP) is 3.86. The minimum Gasteiger partial charge on any atom is -0.387 e. The van der Waals surface area contributed by atoms with Gasteiger partial charge in [-0.1, -0.05) is 31.2 Å². The molecule has 0 spiro atoms. The Morgan fingerprint density at radius 2 is 1.81 bits per heavy atom. The summed E-state index contributed by atoms with van der Waals surface area (Å²) in [5.41, 5.74) is 4.46. The van der Waals surface area contributed by atoms with Crippen molar-refractivity contribution in [2.45, 2.75) is 88.3 Å². The van der Waals surface area contributed by atoms with Crippen LogP contribution in [0.2, 0.25) is 0 Å². The molecule has 2 aromatic rings. The first kappa shape index (κ1) is 23.9. The molecule has 7 nitrogen and oxygen atoms in total. The van der Waals surface area contributed by atoms with Gasteiger partial charge in [0, 0.05) is 43.3 Å². The lowest BCUT2D eigenvalue weighted by Gasteiger charge is -2.39. The first-order chi connectivity index (χ1) is 17.3. The van der Waals surface area contributed by atoms with Gasteiger partial charge in [0.15, 0.2) is 0 Å². The molecular weight excluding hydrogens is 450 g/mol. The number of benzene rings is 1. The topological polar surface area (TPSA) is 81.6 Å². The highest BCUT2D eigenvalue weighted by atomic mass is 16.3. The van der Waals surface area contributed by atoms with Crippen LogP contribution in [-0.2, 0) is 4.79 Å². The Morgan fingerprint density at radius 3 is 2.44 bits per heavy atom. The fourth-order valence-electron chi connectivity index (χ4n) is 6.64. The summed E-state index contributed by atoms with van der Waals surface area (Å²) in [5, 5.41) is 14.2. The average Bonchev–Trinajstić information content (AvgIpc) is 3.61. The molecule has 1 amide bonds. The largest absolute Gasteiger partial charge is 0.387 e. The number of hydrogen-bond donors (Lipinski definition) is 2. The Kier molecular flexibility index (Phi) is 6.03. The fourth-order valence-corrected chi connectivity index (χ4v) is 6.64. The number of rotatable bonds is 5. The third-order valence-electron chi connectivity index (χ3n) is 8.84. The molecule has 192 valence electrons. The maximum absolute atomic E-state index is 14.1. The Balaban J connectivity index is 1.20. The van der Waals surface area contributed by atoms with E-state index in [1.54, 1.807) is 6.33 Å². The van der Waals surface area contributed by atoms with E-state index < -0.39 is 6.10 Å². The lowest BCUT2D eigenvalue weighted by molar-refractivity contribution is -0.133. The number of amides is 1. The summed E-state index contributed by atoms with van der Waals surface area (Å²) < 4.78 is 0. The Bertz CT molecular complexity index is 1120. The first-order valence-electron chi connectivity index (χ1n) is 13.7. The van der Waals surface area contributed by atoms with E-state index in [0.717, 1.165) is 54.5 Å². The highest BCUT2D eigenvalue weighted by molar-refractivity contribution is 5.85. The molecule has 0 radical (unpaired) electrons. The Labute approximate surface area is 214 Å². The summed E-state index contributed by atoms with van der Waals surface area (Å²) in [6.45, 7) is 9.46. The molecule has 2 N–H and O–H groups in total. The van der Waals surface area contributed by atoms with Gasteiger partial charge >= 0.3 is 0 Å². The lowest BCUT2D eigenvalue weighted by Crippen LogP contribution is -2.53. The summed E-state index contributed by atoms with van der Waals surface area (Å²) in [6, 6.07) is 9.06.